The summed E-state index contributed by atoms with van der Waals surface area (Å²) in [4.78, 5) is 8.34. The molecule has 2 rings (SSSR count). The zero-order valence-corrected chi connectivity index (χ0v) is 10.9. The Morgan fingerprint density at radius 1 is 1.50 bits per heavy atom. The predicted octanol–water partition coefficient (Wildman–Crippen LogP) is 3.02. The molecule has 0 aromatic carbocycles. The minimum Gasteiger partial charge on any atom is -0.370 e. The van der Waals surface area contributed by atoms with Gasteiger partial charge < -0.3 is 5.32 Å². The van der Waals surface area contributed by atoms with E-state index in [-0.39, 0.29) is 0 Å². The Morgan fingerprint density at radius 2 is 2.38 bits per heavy atom. The second-order valence-electron chi connectivity index (χ2n) is 4.10. The van der Waals surface area contributed by atoms with Crippen molar-refractivity contribution in [1.29, 1.82) is 0 Å². The molecule has 0 amide bonds. The summed E-state index contributed by atoms with van der Waals surface area (Å²) in [6.45, 7) is 0.966. The number of aromatic nitrogens is 2. The quantitative estimate of drug-likeness (QED) is 0.511. The summed E-state index contributed by atoms with van der Waals surface area (Å²) < 4.78 is 0. The Balaban J connectivity index is 1.84. The summed E-state index contributed by atoms with van der Waals surface area (Å²) in [6, 6.07) is 1.98. The fourth-order valence-electron chi connectivity index (χ4n) is 2.00. The number of anilines is 1. The third kappa shape index (κ3) is 3.25. The number of thioether (sulfide) groups is 1. The molecule has 0 radical (unpaired) electrons. The molecule has 88 valence electrons. The van der Waals surface area contributed by atoms with E-state index in [2.05, 4.69) is 15.3 Å². The number of nitrogens with zero attached hydrogens (tertiary/aromatic N) is 2. The molecule has 1 aliphatic rings. The van der Waals surface area contributed by atoms with Crippen LogP contribution in [0.5, 0.6) is 0 Å². The van der Waals surface area contributed by atoms with Gasteiger partial charge in [0.1, 0.15) is 17.2 Å². The van der Waals surface area contributed by atoms with Gasteiger partial charge in [0.05, 0.1) is 0 Å². The van der Waals surface area contributed by atoms with E-state index in [0.717, 1.165) is 30.2 Å². The molecule has 2 unspecified atom stereocenters. The van der Waals surface area contributed by atoms with Crippen LogP contribution in [0.25, 0.3) is 0 Å². The van der Waals surface area contributed by atoms with Crippen molar-refractivity contribution in [2.24, 2.45) is 5.92 Å². The van der Waals surface area contributed by atoms with Crippen LogP contribution in [0.15, 0.2) is 17.4 Å². The molecule has 2 atom stereocenters. The second-order valence-corrected chi connectivity index (χ2v) is 5.55. The van der Waals surface area contributed by atoms with E-state index in [0.29, 0.717) is 11.3 Å². The third-order valence-corrected chi connectivity index (χ3v) is 3.94. The van der Waals surface area contributed by atoms with E-state index in [1.165, 1.54) is 6.42 Å². The van der Waals surface area contributed by atoms with Gasteiger partial charge in [-0.15, -0.1) is 23.4 Å². The first-order chi connectivity index (χ1) is 7.78. The molecular formula is C11H16ClN3S. The normalized spacial score (nSPS) is 24.6. The van der Waals surface area contributed by atoms with Gasteiger partial charge in [-0.1, -0.05) is 0 Å². The maximum Gasteiger partial charge on any atom is 0.130 e. The monoisotopic (exact) mass is 257 g/mol. The molecule has 0 saturated heterocycles. The second kappa shape index (κ2) is 5.73. The molecule has 0 spiro atoms. The van der Waals surface area contributed by atoms with Crippen molar-refractivity contribution in [2.45, 2.75) is 29.7 Å². The van der Waals surface area contributed by atoms with Gasteiger partial charge in [0, 0.05) is 18.0 Å². The van der Waals surface area contributed by atoms with Crippen LogP contribution >= 0.6 is 23.4 Å². The van der Waals surface area contributed by atoms with Crippen LogP contribution in [-0.4, -0.2) is 28.1 Å². The Bertz CT molecular complexity index is 348. The van der Waals surface area contributed by atoms with E-state index >= 15 is 0 Å². The Labute approximate surface area is 105 Å². The largest absolute Gasteiger partial charge is 0.370 e. The highest BCUT2D eigenvalue weighted by Gasteiger charge is 2.22. The molecule has 1 N–H and O–H groups in total. The number of alkyl halides is 1. The third-order valence-electron chi connectivity index (χ3n) is 2.90. The SMILES string of the molecule is CSc1cc(NCC2CCC(Cl)C2)ncn1. The standard InChI is InChI=1S/C11H16ClN3S/c1-16-11-5-10(14-7-15-11)13-6-8-2-3-9(12)4-8/h5,7-9H,2-4,6H2,1H3,(H,13,14,15). The van der Waals surface area contributed by atoms with E-state index in [1.807, 2.05) is 12.3 Å². The lowest BCUT2D eigenvalue weighted by Gasteiger charge is -2.11. The molecule has 1 heterocycles. The molecule has 1 aromatic rings. The molecule has 0 bridgehead atoms. The van der Waals surface area contributed by atoms with Crippen LogP contribution in [0.1, 0.15) is 19.3 Å². The van der Waals surface area contributed by atoms with Gasteiger partial charge in [0.15, 0.2) is 0 Å². The summed E-state index contributed by atoms with van der Waals surface area (Å²) in [5, 5.41) is 4.73. The van der Waals surface area contributed by atoms with Crippen LogP contribution < -0.4 is 5.32 Å². The van der Waals surface area contributed by atoms with Crippen LogP contribution in [0.4, 0.5) is 5.82 Å². The lowest BCUT2D eigenvalue weighted by atomic mass is 10.1. The van der Waals surface area contributed by atoms with Crippen molar-refractivity contribution in [3.8, 4) is 0 Å². The summed E-state index contributed by atoms with van der Waals surface area (Å²) in [5.74, 6) is 1.60. The van der Waals surface area contributed by atoms with Gasteiger partial charge >= 0.3 is 0 Å². The molecular weight excluding hydrogens is 242 g/mol. The fourth-order valence-corrected chi connectivity index (χ4v) is 2.76. The van der Waals surface area contributed by atoms with Gasteiger partial charge in [0.2, 0.25) is 0 Å². The number of rotatable bonds is 4. The average Bonchev–Trinajstić information content (AvgIpc) is 2.73. The fraction of sp³-hybridized carbons (Fsp3) is 0.636. The van der Waals surface area contributed by atoms with Crippen LogP contribution in [0.2, 0.25) is 0 Å². The van der Waals surface area contributed by atoms with Gasteiger partial charge in [-0.05, 0) is 31.4 Å². The van der Waals surface area contributed by atoms with E-state index < -0.39 is 0 Å². The number of halogens is 1. The average molecular weight is 258 g/mol. The van der Waals surface area contributed by atoms with Crippen molar-refractivity contribution in [1.82, 2.24) is 9.97 Å². The molecule has 0 aliphatic heterocycles. The first-order valence-corrected chi connectivity index (χ1v) is 7.18. The minimum absolute atomic E-state index is 0.374. The Kier molecular flexibility index (Phi) is 4.29. The van der Waals surface area contributed by atoms with Crippen molar-refractivity contribution >= 4 is 29.2 Å². The zero-order chi connectivity index (χ0) is 11.4. The lowest BCUT2D eigenvalue weighted by molar-refractivity contribution is 0.579. The molecule has 16 heavy (non-hydrogen) atoms. The Hall–Kier alpha value is -0.480. The first kappa shape index (κ1) is 12.0. The summed E-state index contributed by atoms with van der Waals surface area (Å²) in [7, 11) is 0. The maximum absolute atomic E-state index is 6.08. The number of hydrogen-bond donors (Lipinski definition) is 1. The predicted molar refractivity (Wildman–Crippen MR) is 69.3 cm³/mol. The number of hydrogen-bond acceptors (Lipinski definition) is 4. The highest BCUT2D eigenvalue weighted by molar-refractivity contribution is 7.98. The molecule has 3 nitrogen and oxygen atoms in total. The van der Waals surface area contributed by atoms with Crippen molar-refractivity contribution in [3.63, 3.8) is 0 Å². The van der Waals surface area contributed by atoms with E-state index in [4.69, 9.17) is 11.6 Å². The van der Waals surface area contributed by atoms with Gasteiger partial charge in [-0.2, -0.15) is 0 Å². The van der Waals surface area contributed by atoms with Crippen LogP contribution in [0, 0.1) is 5.92 Å². The van der Waals surface area contributed by atoms with Crippen molar-refractivity contribution in [3.05, 3.63) is 12.4 Å². The van der Waals surface area contributed by atoms with Crippen LogP contribution in [-0.2, 0) is 0 Å². The Morgan fingerprint density at radius 3 is 3.06 bits per heavy atom. The van der Waals surface area contributed by atoms with E-state index in [9.17, 15) is 0 Å². The van der Waals surface area contributed by atoms with E-state index in [1.54, 1.807) is 18.1 Å². The van der Waals surface area contributed by atoms with Crippen molar-refractivity contribution < 1.29 is 0 Å². The summed E-state index contributed by atoms with van der Waals surface area (Å²) in [6.07, 6.45) is 7.11. The topological polar surface area (TPSA) is 37.8 Å². The molecule has 1 saturated carbocycles. The van der Waals surface area contributed by atoms with Crippen molar-refractivity contribution in [2.75, 3.05) is 18.1 Å². The molecule has 5 heteroatoms. The molecule has 1 aromatic heterocycles. The smallest absolute Gasteiger partial charge is 0.130 e. The molecule has 1 fully saturated rings. The van der Waals surface area contributed by atoms with Gasteiger partial charge in [-0.25, -0.2) is 9.97 Å². The van der Waals surface area contributed by atoms with Gasteiger partial charge in [-0.3, -0.25) is 0 Å². The lowest BCUT2D eigenvalue weighted by Crippen LogP contribution is -2.12. The maximum atomic E-state index is 6.08. The highest BCUT2D eigenvalue weighted by Crippen LogP contribution is 2.29. The molecule has 1 aliphatic carbocycles. The summed E-state index contributed by atoms with van der Waals surface area (Å²) >= 11 is 7.71. The zero-order valence-electron chi connectivity index (χ0n) is 9.32. The highest BCUT2D eigenvalue weighted by atomic mass is 35.5. The van der Waals surface area contributed by atoms with Gasteiger partial charge in [0.25, 0.3) is 0 Å². The first-order valence-electron chi connectivity index (χ1n) is 5.52. The number of nitrogens with one attached hydrogen (secondary N) is 1. The summed E-state index contributed by atoms with van der Waals surface area (Å²) in [5.41, 5.74) is 0. The minimum atomic E-state index is 0.374. The van der Waals surface area contributed by atoms with Crippen LogP contribution in [0.3, 0.4) is 0 Å².